The molecule has 1 aromatic rings. The first-order chi connectivity index (χ1) is 6.29. The summed E-state index contributed by atoms with van der Waals surface area (Å²) in [5, 5.41) is 0. The Morgan fingerprint density at radius 1 is 1.23 bits per heavy atom. The van der Waals surface area contributed by atoms with Gasteiger partial charge in [-0.3, -0.25) is 0 Å². The van der Waals surface area contributed by atoms with Crippen LogP contribution in [0.15, 0.2) is 24.3 Å². The summed E-state index contributed by atoms with van der Waals surface area (Å²) in [6, 6.07) is 7.47. The van der Waals surface area contributed by atoms with Crippen LogP contribution in [0.25, 0.3) is 0 Å². The Hall–Kier alpha value is -1.31. The molecule has 1 atom stereocenters. The van der Waals surface area contributed by atoms with Gasteiger partial charge in [0.25, 0.3) is 0 Å². The highest BCUT2D eigenvalue weighted by Gasteiger charge is 2.26. The number of cyclic esters (lactones) is 1. The van der Waals surface area contributed by atoms with Crippen molar-refractivity contribution < 1.29 is 9.53 Å². The minimum atomic E-state index is -0.201. The molecule has 13 heavy (non-hydrogen) atoms. The predicted octanol–water partition coefficient (Wildman–Crippen LogP) is 2.94. The van der Waals surface area contributed by atoms with Crippen LogP contribution in [-0.4, -0.2) is 5.97 Å². The number of fused-ring (bicyclic) bond motifs is 1. The number of esters is 1. The number of carbonyl (C=O) groups is 1. The number of carbonyl (C=O) groups excluding carboxylic acids is 1. The van der Waals surface area contributed by atoms with Crippen molar-refractivity contribution in [2.45, 2.75) is 26.9 Å². The molecule has 0 saturated carbocycles. The topological polar surface area (TPSA) is 26.3 Å². The van der Waals surface area contributed by atoms with Gasteiger partial charge in [0.05, 0.1) is 5.56 Å². The number of ether oxygens (including phenoxy) is 1. The lowest BCUT2D eigenvalue weighted by Crippen LogP contribution is -1.93. The van der Waals surface area contributed by atoms with E-state index in [-0.39, 0.29) is 12.1 Å². The van der Waals surface area contributed by atoms with Crippen LogP contribution in [0.5, 0.6) is 0 Å². The molecular weight excluding hydrogens is 164 g/mol. The Balaban J connectivity index is 0.000000396. The Kier molecular flexibility index (Phi) is 3.07. The molecule has 0 N–H and O–H groups in total. The minimum Gasteiger partial charge on any atom is -0.454 e. The maximum Gasteiger partial charge on any atom is 0.339 e. The first-order valence-corrected chi connectivity index (χ1v) is 4.59. The zero-order valence-corrected chi connectivity index (χ0v) is 8.20. The number of benzene rings is 1. The smallest absolute Gasteiger partial charge is 0.339 e. The van der Waals surface area contributed by atoms with Gasteiger partial charge in [-0.15, -0.1) is 0 Å². The van der Waals surface area contributed by atoms with Crippen LogP contribution in [0.4, 0.5) is 0 Å². The molecule has 0 fully saturated rings. The fourth-order valence-electron chi connectivity index (χ4n) is 1.32. The van der Waals surface area contributed by atoms with Gasteiger partial charge < -0.3 is 4.74 Å². The highest BCUT2D eigenvalue weighted by atomic mass is 16.5. The molecule has 1 heterocycles. The van der Waals surface area contributed by atoms with Crippen LogP contribution in [0.3, 0.4) is 0 Å². The standard InChI is InChI=1S/C9H8O2.C2H6/c1-6-7-4-2-3-5-8(7)9(10)11-6;1-2/h2-6H,1H3;1-2H3. The molecule has 70 valence electrons. The highest BCUT2D eigenvalue weighted by Crippen LogP contribution is 2.29. The van der Waals surface area contributed by atoms with Crippen molar-refractivity contribution >= 4 is 5.97 Å². The van der Waals surface area contributed by atoms with Gasteiger partial charge >= 0.3 is 5.97 Å². The van der Waals surface area contributed by atoms with E-state index in [1.165, 1.54) is 0 Å². The molecule has 2 nitrogen and oxygen atoms in total. The Labute approximate surface area is 78.5 Å². The number of hydrogen-bond acceptors (Lipinski definition) is 2. The van der Waals surface area contributed by atoms with Gasteiger partial charge in [0.1, 0.15) is 6.10 Å². The molecule has 0 amide bonds. The largest absolute Gasteiger partial charge is 0.454 e. The lowest BCUT2D eigenvalue weighted by Gasteiger charge is -1.99. The maximum atomic E-state index is 11.1. The van der Waals surface area contributed by atoms with Crippen LogP contribution in [0.2, 0.25) is 0 Å². The van der Waals surface area contributed by atoms with Crippen LogP contribution < -0.4 is 0 Å². The fourth-order valence-corrected chi connectivity index (χ4v) is 1.32. The van der Waals surface area contributed by atoms with Gasteiger partial charge in [-0.2, -0.15) is 0 Å². The number of hydrogen-bond donors (Lipinski definition) is 0. The fraction of sp³-hybridized carbons (Fsp3) is 0.364. The molecule has 2 heteroatoms. The second kappa shape index (κ2) is 4.08. The zero-order chi connectivity index (χ0) is 9.84. The predicted molar refractivity (Wildman–Crippen MR) is 51.6 cm³/mol. The second-order valence-corrected chi connectivity index (χ2v) is 2.63. The minimum absolute atomic E-state index is 0.0706. The first-order valence-electron chi connectivity index (χ1n) is 4.59. The summed E-state index contributed by atoms with van der Waals surface area (Å²) >= 11 is 0. The lowest BCUT2D eigenvalue weighted by atomic mass is 10.1. The molecule has 0 bridgehead atoms. The molecule has 1 aliphatic heterocycles. The third kappa shape index (κ3) is 1.72. The molecule has 0 spiro atoms. The first kappa shape index (κ1) is 9.78. The average molecular weight is 178 g/mol. The molecule has 0 aliphatic carbocycles. The maximum absolute atomic E-state index is 11.1. The molecule has 1 unspecified atom stereocenters. The van der Waals surface area contributed by atoms with Crippen LogP contribution >= 0.6 is 0 Å². The van der Waals surface area contributed by atoms with Crippen molar-refractivity contribution in [3.63, 3.8) is 0 Å². The molecule has 1 aromatic carbocycles. The summed E-state index contributed by atoms with van der Waals surface area (Å²) in [6.45, 7) is 5.88. The van der Waals surface area contributed by atoms with Gasteiger partial charge in [-0.25, -0.2) is 4.79 Å². The molecule has 0 aromatic heterocycles. The van der Waals surface area contributed by atoms with Crippen molar-refractivity contribution in [3.8, 4) is 0 Å². The van der Waals surface area contributed by atoms with E-state index < -0.39 is 0 Å². The van der Waals surface area contributed by atoms with Crippen LogP contribution in [-0.2, 0) is 4.74 Å². The number of rotatable bonds is 0. The molecule has 1 aliphatic rings. The van der Waals surface area contributed by atoms with Crippen molar-refractivity contribution in [3.05, 3.63) is 35.4 Å². The molecular formula is C11H14O2. The van der Waals surface area contributed by atoms with E-state index in [1.807, 2.05) is 39.0 Å². The summed E-state index contributed by atoms with van der Waals surface area (Å²) in [6.07, 6.45) is -0.0706. The zero-order valence-electron chi connectivity index (χ0n) is 8.20. The van der Waals surface area contributed by atoms with Crippen molar-refractivity contribution in [1.82, 2.24) is 0 Å². The van der Waals surface area contributed by atoms with Crippen LogP contribution in [0.1, 0.15) is 42.8 Å². The Morgan fingerprint density at radius 2 is 1.85 bits per heavy atom. The van der Waals surface area contributed by atoms with E-state index in [2.05, 4.69) is 0 Å². The van der Waals surface area contributed by atoms with E-state index >= 15 is 0 Å². The molecule has 2 rings (SSSR count). The summed E-state index contributed by atoms with van der Waals surface area (Å²) in [5.41, 5.74) is 1.71. The third-order valence-corrected chi connectivity index (χ3v) is 1.90. The second-order valence-electron chi connectivity index (χ2n) is 2.63. The van der Waals surface area contributed by atoms with E-state index in [0.717, 1.165) is 5.56 Å². The van der Waals surface area contributed by atoms with E-state index in [0.29, 0.717) is 5.56 Å². The van der Waals surface area contributed by atoms with Gasteiger partial charge in [-0.05, 0) is 13.0 Å². The Morgan fingerprint density at radius 3 is 2.46 bits per heavy atom. The highest BCUT2D eigenvalue weighted by molar-refractivity contribution is 5.93. The van der Waals surface area contributed by atoms with Gasteiger partial charge in [0.2, 0.25) is 0 Å². The van der Waals surface area contributed by atoms with E-state index in [4.69, 9.17) is 4.74 Å². The van der Waals surface area contributed by atoms with Crippen LogP contribution in [0, 0.1) is 0 Å². The molecule has 0 saturated heterocycles. The van der Waals surface area contributed by atoms with Gasteiger partial charge in [-0.1, -0.05) is 32.0 Å². The van der Waals surface area contributed by atoms with Crippen molar-refractivity contribution in [1.29, 1.82) is 0 Å². The quantitative estimate of drug-likeness (QED) is 0.571. The van der Waals surface area contributed by atoms with E-state index in [9.17, 15) is 4.79 Å². The molecule has 0 radical (unpaired) electrons. The SMILES string of the molecule is CC.CC1OC(=O)c2ccccc21. The summed E-state index contributed by atoms with van der Waals surface area (Å²) in [7, 11) is 0. The van der Waals surface area contributed by atoms with Crippen molar-refractivity contribution in [2.24, 2.45) is 0 Å². The van der Waals surface area contributed by atoms with Gasteiger partial charge in [0.15, 0.2) is 0 Å². The summed E-state index contributed by atoms with van der Waals surface area (Å²) in [4.78, 5) is 11.1. The Bertz CT molecular complexity index is 305. The lowest BCUT2D eigenvalue weighted by molar-refractivity contribution is 0.0422. The van der Waals surface area contributed by atoms with Gasteiger partial charge in [0, 0.05) is 5.56 Å². The summed E-state index contributed by atoms with van der Waals surface area (Å²) < 4.78 is 4.99. The van der Waals surface area contributed by atoms with E-state index in [1.54, 1.807) is 6.07 Å². The normalized spacial score (nSPS) is 18.4. The summed E-state index contributed by atoms with van der Waals surface area (Å²) in [5.74, 6) is -0.201. The average Bonchev–Trinajstić information content (AvgIpc) is 2.47. The third-order valence-electron chi connectivity index (χ3n) is 1.90. The monoisotopic (exact) mass is 178 g/mol. The van der Waals surface area contributed by atoms with Crippen molar-refractivity contribution in [2.75, 3.05) is 0 Å².